The maximum Gasteiger partial charge on any atom is 0.252 e. The Morgan fingerprint density at radius 1 is 1.13 bits per heavy atom. The number of sulfone groups is 1. The Morgan fingerprint density at radius 3 is 2.68 bits per heavy atom. The predicted octanol–water partition coefficient (Wildman–Crippen LogP) is 0.658. The largest absolute Gasteiger partial charge is 0.368 e. The van der Waals surface area contributed by atoms with Crippen LogP contribution in [-0.2, 0) is 16.9 Å². The van der Waals surface area contributed by atoms with Crippen LogP contribution in [0.4, 0.5) is 17.3 Å². The van der Waals surface area contributed by atoms with E-state index < -0.39 is 9.84 Å². The number of nitrogens with zero attached hydrogens (tertiary/aromatic N) is 7. The van der Waals surface area contributed by atoms with E-state index in [0.29, 0.717) is 35.8 Å². The molecule has 0 amide bonds. The quantitative estimate of drug-likeness (QED) is 0.488. The lowest BCUT2D eigenvalue weighted by Gasteiger charge is -2.29. The molecule has 5 rings (SSSR count). The Hall–Kier alpha value is -3.54. The molecule has 4 aromatic heterocycles. The first-order valence-electron chi connectivity index (χ1n) is 9.70. The molecule has 1 saturated heterocycles. The number of aryl methyl sites for hydroxylation is 2. The smallest absolute Gasteiger partial charge is 0.252 e. The normalized spacial score (nSPS) is 16.1. The minimum absolute atomic E-state index is 0.0526. The van der Waals surface area contributed by atoms with Crippen LogP contribution in [0.3, 0.4) is 0 Å². The lowest BCUT2D eigenvalue weighted by molar-refractivity contribution is 0.587. The van der Waals surface area contributed by atoms with Gasteiger partial charge in [0.25, 0.3) is 5.56 Å². The van der Waals surface area contributed by atoms with Gasteiger partial charge in [0, 0.05) is 26.2 Å². The van der Waals surface area contributed by atoms with Crippen LogP contribution in [0.2, 0.25) is 0 Å². The third-order valence-electron chi connectivity index (χ3n) is 5.52. The van der Waals surface area contributed by atoms with Crippen molar-refractivity contribution < 1.29 is 8.42 Å². The zero-order chi connectivity index (χ0) is 21.8. The van der Waals surface area contributed by atoms with E-state index >= 15 is 0 Å². The maximum absolute atomic E-state index is 12.5. The molecule has 0 saturated carbocycles. The first-order chi connectivity index (χ1) is 14.8. The second-order valence-corrected chi connectivity index (χ2v) is 9.85. The van der Waals surface area contributed by atoms with Crippen LogP contribution < -0.4 is 15.8 Å². The summed E-state index contributed by atoms with van der Waals surface area (Å²) in [7, 11) is -1.38. The van der Waals surface area contributed by atoms with Crippen molar-refractivity contribution in [1.29, 1.82) is 0 Å². The van der Waals surface area contributed by atoms with Crippen LogP contribution in [0.15, 0.2) is 35.6 Å². The van der Waals surface area contributed by atoms with E-state index in [1.807, 2.05) is 24.1 Å². The highest BCUT2D eigenvalue weighted by molar-refractivity contribution is 7.91. The van der Waals surface area contributed by atoms with Gasteiger partial charge in [0.1, 0.15) is 11.8 Å². The molecule has 0 unspecified atom stereocenters. The fraction of sp³-hybridized carbons (Fsp3) is 0.316. The molecule has 1 fully saturated rings. The van der Waals surface area contributed by atoms with Crippen molar-refractivity contribution in [2.75, 3.05) is 34.8 Å². The molecule has 11 nitrogen and oxygen atoms in total. The molecule has 1 aliphatic heterocycles. The van der Waals surface area contributed by atoms with Gasteiger partial charge in [-0.15, -0.1) is 0 Å². The van der Waals surface area contributed by atoms with Gasteiger partial charge in [-0.05, 0) is 18.6 Å². The van der Waals surface area contributed by atoms with Crippen LogP contribution in [0.25, 0.3) is 16.7 Å². The molecule has 4 aromatic rings. The Labute approximate surface area is 177 Å². The summed E-state index contributed by atoms with van der Waals surface area (Å²) in [5.41, 5.74) is 4.02. The molecule has 0 spiro atoms. The zero-order valence-corrected chi connectivity index (χ0v) is 17.8. The third kappa shape index (κ3) is 3.48. The van der Waals surface area contributed by atoms with E-state index in [0.717, 1.165) is 16.9 Å². The predicted molar refractivity (Wildman–Crippen MR) is 117 cm³/mol. The minimum Gasteiger partial charge on any atom is -0.368 e. The van der Waals surface area contributed by atoms with Crippen molar-refractivity contribution in [3.8, 4) is 0 Å². The van der Waals surface area contributed by atoms with Gasteiger partial charge < -0.3 is 14.8 Å². The van der Waals surface area contributed by atoms with Gasteiger partial charge in [0.2, 0.25) is 5.95 Å². The first kappa shape index (κ1) is 19.4. The van der Waals surface area contributed by atoms with Gasteiger partial charge in [-0.1, -0.05) is 0 Å². The molecule has 160 valence electrons. The van der Waals surface area contributed by atoms with Crippen LogP contribution in [0, 0.1) is 6.92 Å². The second kappa shape index (κ2) is 7.01. The van der Waals surface area contributed by atoms with Crippen molar-refractivity contribution in [2.24, 2.45) is 7.05 Å². The molecule has 0 aliphatic carbocycles. The van der Waals surface area contributed by atoms with E-state index in [1.165, 1.54) is 17.0 Å². The maximum atomic E-state index is 12.5. The molecule has 0 bridgehead atoms. The van der Waals surface area contributed by atoms with Crippen LogP contribution in [-0.4, -0.2) is 62.1 Å². The fourth-order valence-corrected chi connectivity index (χ4v) is 4.87. The average molecular weight is 440 g/mol. The summed E-state index contributed by atoms with van der Waals surface area (Å²) in [6.45, 7) is 2.58. The van der Waals surface area contributed by atoms with E-state index in [2.05, 4.69) is 25.4 Å². The number of hydrogen-bond acceptors (Lipinski definition) is 9. The fourth-order valence-electron chi connectivity index (χ4n) is 3.67. The number of nitrogens with one attached hydrogen (secondary N) is 1. The van der Waals surface area contributed by atoms with Gasteiger partial charge >= 0.3 is 0 Å². The highest BCUT2D eigenvalue weighted by Gasteiger charge is 2.24. The topological polar surface area (TPSA) is 127 Å². The Bertz CT molecular complexity index is 1480. The summed E-state index contributed by atoms with van der Waals surface area (Å²) in [5.74, 6) is 0.466. The van der Waals surface area contributed by atoms with Gasteiger partial charge in [-0.3, -0.25) is 4.79 Å². The van der Waals surface area contributed by atoms with Crippen molar-refractivity contribution >= 4 is 43.8 Å². The number of pyridine rings is 2. The number of aromatic nitrogens is 6. The van der Waals surface area contributed by atoms with Crippen LogP contribution in [0.5, 0.6) is 0 Å². The molecular formula is C19H20N8O3S. The van der Waals surface area contributed by atoms with E-state index in [-0.39, 0.29) is 17.1 Å². The zero-order valence-electron chi connectivity index (χ0n) is 17.0. The number of hydrogen-bond donors (Lipinski definition) is 1. The summed E-state index contributed by atoms with van der Waals surface area (Å²) in [6.07, 6.45) is 4.89. The highest BCUT2D eigenvalue weighted by Crippen LogP contribution is 2.26. The molecule has 12 heteroatoms. The average Bonchev–Trinajstić information content (AvgIpc) is 3.18. The standard InChI is InChI=1S/C19H20N8O3S/c1-12-7-16-21-11-22-27(16)10-13(12)23-19-20-9-15-18(24-19)14(8-17(28)25(15)2)26-3-5-31(29,30)6-4-26/h7-11H,3-6H2,1-2H3,(H,20,23,24). The Kier molecular flexibility index (Phi) is 4.39. The molecule has 0 aromatic carbocycles. The monoisotopic (exact) mass is 440 g/mol. The Morgan fingerprint density at radius 2 is 1.90 bits per heavy atom. The number of rotatable bonds is 3. The molecule has 5 heterocycles. The SMILES string of the molecule is Cc1cc2ncnn2cc1Nc1ncc2c(n1)c(N1CCS(=O)(=O)CC1)cc(=O)n2C. The Balaban J connectivity index is 1.58. The minimum atomic E-state index is -3.05. The van der Waals surface area contributed by atoms with Crippen molar-refractivity contribution in [2.45, 2.75) is 6.92 Å². The van der Waals surface area contributed by atoms with Crippen molar-refractivity contribution in [3.63, 3.8) is 0 Å². The summed E-state index contributed by atoms with van der Waals surface area (Å²) >= 11 is 0. The summed E-state index contributed by atoms with van der Waals surface area (Å²) in [5, 5.41) is 7.36. The summed E-state index contributed by atoms with van der Waals surface area (Å²) < 4.78 is 26.8. The van der Waals surface area contributed by atoms with Gasteiger partial charge in [0.15, 0.2) is 15.5 Å². The first-order valence-corrected chi connectivity index (χ1v) is 11.5. The highest BCUT2D eigenvalue weighted by atomic mass is 32.2. The van der Waals surface area contributed by atoms with Gasteiger partial charge in [-0.25, -0.2) is 27.9 Å². The van der Waals surface area contributed by atoms with E-state index in [1.54, 1.807) is 17.8 Å². The summed E-state index contributed by atoms with van der Waals surface area (Å²) in [6, 6.07) is 3.41. The molecule has 1 N–H and O–H groups in total. The molecule has 0 radical (unpaired) electrons. The molecule has 1 aliphatic rings. The van der Waals surface area contributed by atoms with Crippen LogP contribution in [0.1, 0.15) is 5.56 Å². The molecular weight excluding hydrogens is 420 g/mol. The lowest BCUT2D eigenvalue weighted by atomic mass is 10.2. The number of anilines is 3. The van der Waals surface area contributed by atoms with Crippen LogP contribution >= 0.6 is 0 Å². The lowest BCUT2D eigenvalue weighted by Crippen LogP contribution is -2.41. The van der Waals surface area contributed by atoms with Crippen molar-refractivity contribution in [3.05, 3.63) is 46.8 Å². The summed E-state index contributed by atoms with van der Waals surface area (Å²) in [4.78, 5) is 27.6. The van der Waals surface area contributed by atoms with Gasteiger partial charge in [-0.2, -0.15) is 5.10 Å². The third-order valence-corrected chi connectivity index (χ3v) is 7.13. The van der Waals surface area contributed by atoms with Gasteiger partial charge in [0.05, 0.1) is 40.8 Å². The van der Waals surface area contributed by atoms with E-state index in [4.69, 9.17) is 0 Å². The van der Waals surface area contributed by atoms with Crippen molar-refractivity contribution in [1.82, 2.24) is 29.1 Å². The second-order valence-electron chi connectivity index (χ2n) is 7.55. The molecule has 31 heavy (non-hydrogen) atoms. The molecule has 0 atom stereocenters. The number of fused-ring (bicyclic) bond motifs is 2. The van der Waals surface area contributed by atoms with E-state index in [9.17, 15) is 13.2 Å².